The van der Waals surface area contributed by atoms with Crippen molar-refractivity contribution in [1.29, 1.82) is 0 Å². The van der Waals surface area contributed by atoms with Crippen LogP contribution < -0.4 is 0 Å². The lowest BCUT2D eigenvalue weighted by Gasteiger charge is -2.19. The van der Waals surface area contributed by atoms with Crippen LogP contribution >= 0.6 is 0 Å². The predicted molar refractivity (Wildman–Crippen MR) is 261 cm³/mol. The molecular weight excluding hydrogens is 813 g/mol. The fourth-order valence-electron chi connectivity index (χ4n) is 10.2. The Morgan fingerprint density at radius 1 is 0.892 bits per heavy atom. The molecule has 10 heteroatoms. The van der Waals surface area contributed by atoms with Gasteiger partial charge in [-0.1, -0.05) is 105 Å². The SMILES string of the molecule is C=Cc1c(C)c2cc3nc(c4c5[nH]c(cc6nc(cc1[nH]2)C(=O)C6(C)CC)c(C)c5C(=O)[C@@H]4C(=O)OC)[C@@H](CCC(=O)OC/C=C(\C)CCC[C@H](C)CCC[C@H](C)CCCC(C)C)[C@@H]3C. The van der Waals surface area contributed by atoms with Crippen LogP contribution in [0.1, 0.15) is 210 Å². The molecule has 3 aromatic rings. The number of esters is 2. The molecule has 8 bridgehead atoms. The Bertz CT molecular complexity index is 2510. The maximum atomic E-state index is 14.4. The summed E-state index contributed by atoms with van der Waals surface area (Å²) >= 11 is 0. The number of Topliss-reactive ketones (excluding diaryl/α,β-unsaturated/α-hetero) is 2. The van der Waals surface area contributed by atoms with Gasteiger partial charge in [-0.3, -0.25) is 24.2 Å². The maximum absolute atomic E-state index is 14.4. The van der Waals surface area contributed by atoms with Gasteiger partial charge in [0.2, 0.25) is 0 Å². The number of ketones is 2. The number of rotatable bonds is 20. The fraction of sp³-hybridized carbons (Fsp3) is 0.564. The number of hydrogen-bond acceptors (Lipinski definition) is 8. The average Bonchev–Trinajstić information content (AvgIpc) is 3.99. The van der Waals surface area contributed by atoms with Crippen LogP contribution in [0.25, 0.3) is 28.1 Å². The molecule has 10 nitrogen and oxygen atoms in total. The second-order valence-electron chi connectivity index (χ2n) is 20.1. The standard InChI is InChI=1S/C55H74N4O6/c1-13-38-35(8)40-28-41-36(9)39(24-25-46(60)65-27-26-34(7)23-17-22-33(6)21-16-20-32(5)19-15-18-31(3)4)50(58-41)48-49(54(63)64-12)52(61)47-37(10)42(59-51(47)48)30-45-55(11,14-2)53(62)44(57-45)29-43(38)56-40/h13,26,28-33,36,39,49,56,59H,1,14-25,27H2,2-12H3/b34-26+,40-28?,41-28?,42-30?,43-29?,44-29?,45-30?,50-48?/t32-,33-,36+,39+,49-,55?/m1/s1. The van der Waals surface area contributed by atoms with E-state index in [0.717, 1.165) is 47.0 Å². The summed E-state index contributed by atoms with van der Waals surface area (Å²) in [7, 11) is 1.28. The molecule has 3 aromatic heterocycles. The summed E-state index contributed by atoms with van der Waals surface area (Å²) in [4.78, 5) is 72.6. The van der Waals surface area contributed by atoms with E-state index in [1.54, 1.807) is 12.1 Å². The van der Waals surface area contributed by atoms with E-state index in [-0.39, 0.29) is 42.4 Å². The molecule has 350 valence electrons. The van der Waals surface area contributed by atoms with Crippen molar-refractivity contribution in [2.45, 2.75) is 169 Å². The fourth-order valence-corrected chi connectivity index (χ4v) is 10.2. The van der Waals surface area contributed by atoms with Crippen LogP contribution in [0.15, 0.2) is 36.4 Å². The third-order valence-electron chi connectivity index (χ3n) is 14.9. The molecule has 1 unspecified atom stereocenters. The van der Waals surface area contributed by atoms with Crippen molar-refractivity contribution < 1.29 is 28.7 Å². The Hall–Kier alpha value is -5.12. The van der Waals surface area contributed by atoms with Crippen molar-refractivity contribution in [3.8, 4) is 0 Å². The lowest BCUT2D eigenvalue weighted by atomic mass is 9.80. The Balaban J connectivity index is 1.25. The molecule has 0 spiro atoms. The minimum atomic E-state index is -1.23. The van der Waals surface area contributed by atoms with Crippen molar-refractivity contribution in [2.24, 2.45) is 17.8 Å². The molecule has 0 saturated heterocycles. The summed E-state index contributed by atoms with van der Waals surface area (Å²) in [5.74, 6) is -0.901. The molecule has 0 aromatic carbocycles. The van der Waals surface area contributed by atoms with Gasteiger partial charge in [-0.25, -0.2) is 4.98 Å². The van der Waals surface area contributed by atoms with Crippen molar-refractivity contribution in [1.82, 2.24) is 19.9 Å². The number of H-pyrrole nitrogens is 2. The topological polar surface area (TPSA) is 144 Å². The van der Waals surface area contributed by atoms with Gasteiger partial charge >= 0.3 is 11.9 Å². The van der Waals surface area contributed by atoms with E-state index in [4.69, 9.17) is 19.4 Å². The van der Waals surface area contributed by atoms with Gasteiger partial charge in [-0.05, 0) is 107 Å². The van der Waals surface area contributed by atoms with Crippen molar-refractivity contribution in [3.63, 3.8) is 0 Å². The molecule has 0 saturated carbocycles. The second-order valence-corrected chi connectivity index (χ2v) is 20.1. The zero-order valence-corrected chi connectivity index (χ0v) is 41.1. The molecule has 6 atom stereocenters. The van der Waals surface area contributed by atoms with Gasteiger partial charge in [0, 0.05) is 57.2 Å². The van der Waals surface area contributed by atoms with Gasteiger partial charge in [-0.15, -0.1) is 0 Å². The Morgan fingerprint density at radius 2 is 1.55 bits per heavy atom. The van der Waals surface area contributed by atoms with Gasteiger partial charge in [-0.2, -0.15) is 0 Å². The lowest BCUT2D eigenvalue weighted by molar-refractivity contribution is -0.143. The monoisotopic (exact) mass is 887 g/mol. The number of methoxy groups -OCH3 is 1. The lowest BCUT2D eigenvalue weighted by Crippen LogP contribution is -2.27. The molecule has 3 aliphatic rings. The number of ether oxygens (including phenoxy) is 2. The molecule has 2 aliphatic heterocycles. The zero-order valence-electron chi connectivity index (χ0n) is 41.1. The minimum absolute atomic E-state index is 0.0897. The first kappa shape index (κ1) is 49.3. The molecule has 5 heterocycles. The average molecular weight is 887 g/mol. The number of aryl methyl sites for hydroxylation is 2. The smallest absolute Gasteiger partial charge is 0.321 e. The number of hydrogen-bond donors (Lipinski definition) is 2. The van der Waals surface area contributed by atoms with Crippen molar-refractivity contribution >= 4 is 51.6 Å². The summed E-state index contributed by atoms with van der Waals surface area (Å²) in [6.07, 6.45) is 16.0. The first-order chi connectivity index (χ1) is 30.9. The highest BCUT2D eigenvalue weighted by Gasteiger charge is 2.46. The summed E-state index contributed by atoms with van der Waals surface area (Å²) in [6.45, 7) is 25.6. The first-order valence-electron chi connectivity index (χ1n) is 24.3. The highest BCUT2D eigenvalue weighted by molar-refractivity contribution is 6.23. The van der Waals surface area contributed by atoms with Gasteiger partial charge in [0.05, 0.1) is 29.4 Å². The molecule has 0 amide bonds. The predicted octanol–water partition coefficient (Wildman–Crippen LogP) is 13.2. The third kappa shape index (κ3) is 10.5. The first-order valence-corrected chi connectivity index (χ1v) is 24.3. The Kier molecular flexibility index (Phi) is 15.9. The van der Waals surface area contributed by atoms with E-state index >= 15 is 0 Å². The van der Waals surface area contributed by atoms with E-state index in [0.29, 0.717) is 69.1 Å². The van der Waals surface area contributed by atoms with Crippen LogP contribution in [-0.4, -0.2) is 57.2 Å². The summed E-state index contributed by atoms with van der Waals surface area (Å²) in [5.41, 5.74) is 8.44. The van der Waals surface area contributed by atoms with Gasteiger partial charge in [0.1, 0.15) is 18.2 Å². The van der Waals surface area contributed by atoms with Crippen LogP contribution in [0.3, 0.4) is 0 Å². The van der Waals surface area contributed by atoms with E-state index in [1.165, 1.54) is 57.6 Å². The molecule has 2 N–H and O–H groups in total. The number of nitrogens with zero attached hydrogens (tertiary/aromatic N) is 2. The molecule has 0 fully saturated rings. The van der Waals surface area contributed by atoms with Crippen molar-refractivity contribution in [2.75, 3.05) is 13.7 Å². The summed E-state index contributed by atoms with van der Waals surface area (Å²) < 4.78 is 11.0. The molecule has 65 heavy (non-hydrogen) atoms. The van der Waals surface area contributed by atoms with E-state index < -0.39 is 17.3 Å². The van der Waals surface area contributed by atoms with Crippen LogP contribution in [-0.2, 0) is 24.5 Å². The highest BCUT2D eigenvalue weighted by Crippen LogP contribution is 2.48. The number of nitrogens with one attached hydrogen (secondary N) is 2. The van der Waals surface area contributed by atoms with E-state index in [2.05, 4.69) is 58.1 Å². The maximum Gasteiger partial charge on any atom is 0.321 e. The number of fused-ring (bicyclic) bond motifs is 8. The van der Waals surface area contributed by atoms with Gasteiger partial charge < -0.3 is 19.4 Å². The van der Waals surface area contributed by atoms with Crippen LogP contribution in [0, 0.1) is 31.6 Å². The third-order valence-corrected chi connectivity index (χ3v) is 14.9. The molecule has 6 rings (SSSR count). The normalized spacial score (nSPS) is 20.4. The van der Waals surface area contributed by atoms with Gasteiger partial charge in [0.25, 0.3) is 0 Å². The van der Waals surface area contributed by atoms with Gasteiger partial charge in [0.15, 0.2) is 11.6 Å². The molecular formula is C55H74N4O6. The second kappa shape index (κ2) is 21.0. The Labute approximate surface area is 386 Å². The zero-order chi connectivity index (χ0) is 47.3. The number of allylic oxidation sites excluding steroid dienone is 1. The minimum Gasteiger partial charge on any atom is -0.468 e. The summed E-state index contributed by atoms with van der Waals surface area (Å²) in [5, 5.41) is 0. The quantitative estimate of drug-likeness (QED) is 0.0648. The molecule has 1 aliphatic carbocycles. The number of aromatic amines is 2. The summed E-state index contributed by atoms with van der Waals surface area (Å²) in [6, 6.07) is 5.63. The van der Waals surface area contributed by atoms with Crippen molar-refractivity contribution in [3.05, 3.63) is 87.0 Å². The highest BCUT2D eigenvalue weighted by atomic mass is 16.5. The van der Waals surface area contributed by atoms with E-state index in [9.17, 15) is 19.2 Å². The largest absolute Gasteiger partial charge is 0.468 e. The van der Waals surface area contributed by atoms with Crippen LogP contribution in [0.2, 0.25) is 0 Å². The number of aromatic nitrogens is 4. The Morgan fingerprint density at radius 3 is 2.20 bits per heavy atom. The van der Waals surface area contributed by atoms with Crippen LogP contribution in [0.5, 0.6) is 0 Å². The van der Waals surface area contributed by atoms with Crippen LogP contribution in [0.4, 0.5) is 0 Å². The van der Waals surface area contributed by atoms with E-state index in [1.807, 2.05) is 45.9 Å². The number of carbonyl (C=O) groups is 4. The number of carbonyl (C=O) groups excluding carboxylic acids is 4. The molecule has 0 radical (unpaired) electrons.